The molecule has 9 heteroatoms. The molecule has 8 nitrogen and oxygen atoms in total. The van der Waals surface area contributed by atoms with Gasteiger partial charge in [0.2, 0.25) is 0 Å². The number of rotatable bonds is 4. The van der Waals surface area contributed by atoms with Crippen molar-refractivity contribution in [3.05, 3.63) is 45.5 Å². The number of aliphatic carboxylic acids is 1. The van der Waals surface area contributed by atoms with E-state index in [4.69, 9.17) is 5.11 Å². The Morgan fingerprint density at radius 2 is 2.04 bits per heavy atom. The van der Waals surface area contributed by atoms with Crippen LogP contribution in [0.15, 0.2) is 29.6 Å². The number of hydrogen-bond acceptors (Lipinski definition) is 6. The smallest absolute Gasteiger partial charge is 0.326 e. The van der Waals surface area contributed by atoms with Crippen LogP contribution in [-0.4, -0.2) is 44.4 Å². The van der Waals surface area contributed by atoms with Crippen molar-refractivity contribution in [2.24, 2.45) is 0 Å². The van der Waals surface area contributed by atoms with E-state index in [2.05, 4.69) is 4.98 Å². The molecule has 0 spiro atoms. The molecule has 3 rings (SSSR count). The average Bonchev–Trinajstić information content (AvgIpc) is 3.24. The molecule has 124 valence electrons. The lowest BCUT2D eigenvalue weighted by Crippen LogP contribution is -2.40. The molecule has 0 aliphatic carbocycles. The van der Waals surface area contributed by atoms with Crippen LogP contribution in [0.3, 0.4) is 0 Å². The molecule has 0 radical (unpaired) electrons. The standard InChI is InChI=1S/C15H13N3O5S/c19-14(17-7-1-2-12(17)15(20)21)11-8-24-13(16-11)9-3-5-10(6-4-9)18(22)23/h3-6,8,12H,1-2,7H2,(H,20,21). The average molecular weight is 347 g/mol. The second-order valence-electron chi connectivity index (χ2n) is 5.34. The summed E-state index contributed by atoms with van der Waals surface area (Å²) in [5.74, 6) is -1.41. The van der Waals surface area contributed by atoms with Crippen LogP contribution in [0.5, 0.6) is 0 Å². The van der Waals surface area contributed by atoms with E-state index >= 15 is 0 Å². The number of likely N-dealkylation sites (tertiary alicyclic amines) is 1. The summed E-state index contributed by atoms with van der Waals surface area (Å²) in [6.07, 6.45) is 1.10. The second-order valence-corrected chi connectivity index (χ2v) is 6.19. The largest absolute Gasteiger partial charge is 0.480 e. The highest BCUT2D eigenvalue weighted by Gasteiger charge is 2.35. The van der Waals surface area contributed by atoms with Crippen LogP contribution in [0.25, 0.3) is 10.6 Å². The fourth-order valence-electron chi connectivity index (χ4n) is 2.64. The van der Waals surface area contributed by atoms with Gasteiger partial charge in [-0.1, -0.05) is 0 Å². The number of amides is 1. The second kappa shape index (κ2) is 6.36. The van der Waals surface area contributed by atoms with Gasteiger partial charge in [0.25, 0.3) is 11.6 Å². The molecule has 24 heavy (non-hydrogen) atoms. The summed E-state index contributed by atoms with van der Waals surface area (Å²) in [6.45, 7) is 0.403. The quantitative estimate of drug-likeness (QED) is 0.671. The summed E-state index contributed by atoms with van der Waals surface area (Å²) < 4.78 is 0. The first-order valence-corrected chi connectivity index (χ1v) is 8.09. The van der Waals surface area contributed by atoms with Gasteiger partial charge in [-0.25, -0.2) is 9.78 Å². The predicted octanol–water partition coefficient (Wildman–Crippen LogP) is 2.41. The molecule has 1 aromatic heterocycles. The summed E-state index contributed by atoms with van der Waals surface area (Å²) in [4.78, 5) is 39.4. The van der Waals surface area contributed by atoms with Gasteiger partial charge < -0.3 is 10.0 Å². The van der Waals surface area contributed by atoms with Gasteiger partial charge in [0.15, 0.2) is 0 Å². The summed E-state index contributed by atoms with van der Waals surface area (Å²) >= 11 is 1.24. The topological polar surface area (TPSA) is 114 Å². The molecule has 1 N–H and O–H groups in total. The molecule has 0 saturated carbocycles. The van der Waals surface area contributed by atoms with Crippen molar-refractivity contribution in [1.29, 1.82) is 0 Å². The Kier molecular flexibility index (Phi) is 4.26. The van der Waals surface area contributed by atoms with Gasteiger partial charge in [-0.3, -0.25) is 14.9 Å². The molecule has 1 atom stereocenters. The highest BCUT2D eigenvalue weighted by atomic mass is 32.1. The molecule has 1 saturated heterocycles. The zero-order valence-corrected chi connectivity index (χ0v) is 13.2. The fourth-order valence-corrected chi connectivity index (χ4v) is 3.44. The maximum atomic E-state index is 12.5. The highest BCUT2D eigenvalue weighted by Crippen LogP contribution is 2.27. The van der Waals surface area contributed by atoms with Crippen molar-refractivity contribution in [2.45, 2.75) is 18.9 Å². The lowest BCUT2D eigenvalue weighted by Gasteiger charge is -2.20. The third-order valence-corrected chi connectivity index (χ3v) is 4.74. The normalized spacial score (nSPS) is 17.0. The molecule has 1 fully saturated rings. The number of aromatic nitrogens is 1. The van der Waals surface area contributed by atoms with Gasteiger partial charge in [0.1, 0.15) is 16.7 Å². The minimum Gasteiger partial charge on any atom is -0.480 e. The van der Waals surface area contributed by atoms with Crippen LogP contribution in [0.2, 0.25) is 0 Å². The third-order valence-electron chi connectivity index (χ3n) is 3.85. The fraction of sp³-hybridized carbons (Fsp3) is 0.267. The van der Waals surface area contributed by atoms with Crippen molar-refractivity contribution in [3.8, 4) is 10.6 Å². The number of nitrogens with zero attached hydrogens (tertiary/aromatic N) is 3. The zero-order chi connectivity index (χ0) is 17.3. The lowest BCUT2D eigenvalue weighted by atomic mass is 10.2. The van der Waals surface area contributed by atoms with Gasteiger partial charge in [-0.2, -0.15) is 0 Å². The maximum Gasteiger partial charge on any atom is 0.326 e. The number of nitro groups is 1. The van der Waals surface area contributed by atoms with E-state index < -0.39 is 22.8 Å². The van der Waals surface area contributed by atoms with Crippen molar-refractivity contribution in [2.75, 3.05) is 6.54 Å². The van der Waals surface area contributed by atoms with Gasteiger partial charge in [-0.05, 0) is 25.0 Å². The molecule has 1 amide bonds. The van der Waals surface area contributed by atoms with Crippen LogP contribution < -0.4 is 0 Å². The van der Waals surface area contributed by atoms with Crippen molar-refractivity contribution >= 4 is 28.9 Å². The number of benzene rings is 1. The van der Waals surface area contributed by atoms with Crippen LogP contribution in [0.1, 0.15) is 23.3 Å². The first-order valence-electron chi connectivity index (χ1n) is 7.21. The number of carbonyl (C=O) groups is 2. The van der Waals surface area contributed by atoms with Crippen LogP contribution in [-0.2, 0) is 4.79 Å². The minimum absolute atomic E-state index is 0.0204. The van der Waals surface area contributed by atoms with E-state index in [9.17, 15) is 19.7 Å². The number of non-ortho nitro benzene ring substituents is 1. The monoisotopic (exact) mass is 347 g/mol. The van der Waals surface area contributed by atoms with E-state index in [0.29, 0.717) is 30.0 Å². The summed E-state index contributed by atoms with van der Waals surface area (Å²) in [5, 5.41) is 22.0. The summed E-state index contributed by atoms with van der Waals surface area (Å²) in [6, 6.07) is 5.09. The van der Waals surface area contributed by atoms with Crippen molar-refractivity contribution in [3.63, 3.8) is 0 Å². The molecule has 1 unspecified atom stereocenters. The highest BCUT2D eigenvalue weighted by molar-refractivity contribution is 7.13. The molecular weight excluding hydrogens is 334 g/mol. The van der Waals surface area contributed by atoms with Gasteiger partial charge in [-0.15, -0.1) is 11.3 Å². The molecule has 2 heterocycles. The Labute approximate surface area is 140 Å². The van der Waals surface area contributed by atoms with E-state index in [1.54, 1.807) is 17.5 Å². The third kappa shape index (κ3) is 2.98. The molecule has 0 bridgehead atoms. The van der Waals surface area contributed by atoms with Gasteiger partial charge in [0, 0.05) is 29.6 Å². The maximum absolute atomic E-state index is 12.5. The minimum atomic E-state index is -1.01. The number of carbonyl (C=O) groups excluding carboxylic acids is 1. The lowest BCUT2D eigenvalue weighted by molar-refractivity contribution is -0.384. The molecule has 1 aliphatic rings. The molecule has 1 aromatic carbocycles. The number of hydrogen-bond donors (Lipinski definition) is 1. The Morgan fingerprint density at radius 3 is 2.67 bits per heavy atom. The Bertz CT molecular complexity index is 802. The summed E-state index contributed by atoms with van der Waals surface area (Å²) in [7, 11) is 0. The van der Waals surface area contributed by atoms with Gasteiger partial charge in [0.05, 0.1) is 4.92 Å². The molecular formula is C15H13N3O5S. The zero-order valence-electron chi connectivity index (χ0n) is 12.4. The predicted molar refractivity (Wildman–Crippen MR) is 85.9 cm³/mol. The van der Waals surface area contributed by atoms with E-state index in [1.165, 1.54) is 28.4 Å². The van der Waals surface area contributed by atoms with E-state index in [1.807, 2.05) is 0 Å². The SMILES string of the molecule is O=C(O)C1CCCN1C(=O)c1csc(-c2ccc([N+](=O)[O-])cc2)n1. The Balaban J connectivity index is 1.81. The van der Waals surface area contributed by atoms with E-state index in [-0.39, 0.29) is 11.4 Å². The number of nitro benzene ring substituents is 1. The molecule has 1 aliphatic heterocycles. The first-order chi connectivity index (χ1) is 11.5. The number of carboxylic acid groups (broad SMARTS) is 1. The Hall–Kier alpha value is -2.81. The van der Waals surface area contributed by atoms with E-state index in [0.717, 1.165) is 0 Å². The van der Waals surface area contributed by atoms with Crippen LogP contribution in [0.4, 0.5) is 5.69 Å². The van der Waals surface area contributed by atoms with Gasteiger partial charge >= 0.3 is 5.97 Å². The van der Waals surface area contributed by atoms with Crippen LogP contribution >= 0.6 is 11.3 Å². The van der Waals surface area contributed by atoms with Crippen molar-refractivity contribution in [1.82, 2.24) is 9.88 Å². The van der Waals surface area contributed by atoms with Crippen LogP contribution in [0, 0.1) is 10.1 Å². The Morgan fingerprint density at radius 1 is 1.33 bits per heavy atom. The number of thiazole rings is 1. The van der Waals surface area contributed by atoms with Crippen molar-refractivity contribution < 1.29 is 19.6 Å². The molecule has 2 aromatic rings. The number of carboxylic acids is 1. The summed E-state index contributed by atoms with van der Waals surface area (Å²) in [5.41, 5.74) is 0.843. The first kappa shape index (κ1) is 16.1.